The maximum Gasteiger partial charge on any atom is 0.191 e. The number of ether oxygens (including phenoxy) is 1. The van der Waals surface area contributed by atoms with Gasteiger partial charge in [-0.2, -0.15) is 0 Å². The van der Waals surface area contributed by atoms with Gasteiger partial charge in [0, 0.05) is 37.6 Å². The molecule has 2 N–H and O–H groups in total. The Morgan fingerprint density at radius 2 is 1.94 bits per heavy atom. The minimum Gasteiger partial charge on any atom is -0.496 e. The number of benzene rings is 1. The summed E-state index contributed by atoms with van der Waals surface area (Å²) in [7, 11) is 1.75. The number of rotatable bonds is 10. The smallest absolute Gasteiger partial charge is 0.191 e. The maximum atomic E-state index is 5.67. The Morgan fingerprint density at radius 3 is 2.62 bits per heavy atom. The Kier molecular flexibility index (Phi) is 11.3. The predicted molar refractivity (Wildman–Crippen MR) is 142 cm³/mol. The number of hydrogen-bond donors (Lipinski definition) is 2. The molecule has 0 bridgehead atoms. The van der Waals surface area contributed by atoms with Crippen molar-refractivity contribution in [2.75, 3.05) is 33.3 Å². The lowest BCUT2D eigenvalue weighted by atomic mass is 10.0. The van der Waals surface area contributed by atoms with Crippen LogP contribution in [0.4, 0.5) is 0 Å². The summed E-state index contributed by atoms with van der Waals surface area (Å²) in [5, 5.41) is 6.96. The molecule has 3 rings (SSSR count). The summed E-state index contributed by atoms with van der Waals surface area (Å²) in [6, 6.07) is 8.59. The van der Waals surface area contributed by atoms with Crippen molar-refractivity contribution in [2.24, 2.45) is 10.9 Å². The van der Waals surface area contributed by atoms with Crippen molar-refractivity contribution in [2.45, 2.75) is 52.7 Å². The summed E-state index contributed by atoms with van der Waals surface area (Å²) in [6.45, 7) is 11.9. The van der Waals surface area contributed by atoms with Gasteiger partial charge in [0.25, 0.3) is 0 Å². The van der Waals surface area contributed by atoms with Crippen molar-refractivity contribution in [3.8, 4) is 5.75 Å². The Hall–Kier alpha value is -1.81. The molecule has 7 nitrogen and oxygen atoms in total. The first kappa shape index (κ1) is 26.4. The number of halogens is 1. The Bertz CT molecular complexity index is 831. The molecule has 1 unspecified atom stereocenters. The van der Waals surface area contributed by atoms with E-state index >= 15 is 0 Å². The van der Waals surface area contributed by atoms with Crippen molar-refractivity contribution in [3.63, 3.8) is 0 Å². The lowest BCUT2D eigenvalue weighted by Crippen LogP contribution is -2.42. The van der Waals surface area contributed by atoms with Gasteiger partial charge in [-0.15, -0.1) is 24.0 Å². The van der Waals surface area contributed by atoms with Crippen molar-refractivity contribution in [1.82, 2.24) is 25.1 Å². The Balaban J connectivity index is 0.00000363. The first-order valence-electron chi connectivity index (χ1n) is 11.5. The highest BCUT2D eigenvalue weighted by atomic mass is 127. The van der Waals surface area contributed by atoms with E-state index in [4.69, 9.17) is 9.73 Å². The minimum atomic E-state index is 0. The molecule has 0 saturated carbocycles. The van der Waals surface area contributed by atoms with E-state index in [0.29, 0.717) is 12.5 Å². The monoisotopic (exact) mass is 554 g/mol. The van der Waals surface area contributed by atoms with E-state index in [1.165, 1.54) is 18.4 Å². The number of imidazole rings is 1. The van der Waals surface area contributed by atoms with Crippen LogP contribution in [-0.2, 0) is 13.1 Å². The topological polar surface area (TPSA) is 66.7 Å². The van der Waals surface area contributed by atoms with Crippen molar-refractivity contribution in [1.29, 1.82) is 0 Å². The second-order valence-corrected chi connectivity index (χ2v) is 8.47. The largest absolute Gasteiger partial charge is 0.496 e. The van der Waals surface area contributed by atoms with Gasteiger partial charge in [-0.3, -0.25) is 4.90 Å². The van der Waals surface area contributed by atoms with E-state index in [1.807, 2.05) is 24.5 Å². The molecule has 1 aromatic carbocycles. The zero-order valence-electron chi connectivity index (χ0n) is 19.9. The SMILES string of the molecule is CCNC(=NCc1nccn1CC(C)C)NCC(c1ccccc1OC)N1CCCC1.I. The third kappa shape index (κ3) is 7.37. The van der Waals surface area contributed by atoms with Gasteiger partial charge in [0.15, 0.2) is 5.96 Å². The number of methoxy groups -OCH3 is 1. The highest BCUT2D eigenvalue weighted by Gasteiger charge is 2.26. The maximum absolute atomic E-state index is 5.67. The van der Waals surface area contributed by atoms with E-state index in [-0.39, 0.29) is 30.0 Å². The van der Waals surface area contributed by atoms with E-state index in [1.54, 1.807) is 7.11 Å². The lowest BCUT2D eigenvalue weighted by molar-refractivity contribution is 0.239. The second kappa shape index (κ2) is 13.7. The fraction of sp³-hybridized carbons (Fsp3) is 0.583. The number of nitrogens with zero attached hydrogens (tertiary/aromatic N) is 4. The van der Waals surface area contributed by atoms with Crippen LogP contribution >= 0.6 is 24.0 Å². The molecular formula is C24H39IN6O. The van der Waals surface area contributed by atoms with Crippen molar-refractivity contribution < 1.29 is 4.74 Å². The van der Waals surface area contributed by atoms with Crippen molar-refractivity contribution >= 4 is 29.9 Å². The third-order valence-corrected chi connectivity index (χ3v) is 5.63. The summed E-state index contributed by atoms with van der Waals surface area (Å²) in [4.78, 5) is 11.9. The molecule has 0 amide bonds. The number of likely N-dealkylation sites (tertiary alicyclic amines) is 1. The summed E-state index contributed by atoms with van der Waals surface area (Å²) in [5.41, 5.74) is 1.22. The number of para-hydroxylation sites is 1. The van der Waals surface area contributed by atoms with Gasteiger partial charge < -0.3 is 19.9 Å². The number of guanidine groups is 1. The fourth-order valence-corrected chi connectivity index (χ4v) is 4.17. The van der Waals surface area contributed by atoms with E-state index < -0.39 is 0 Å². The molecule has 1 aliphatic heterocycles. The van der Waals surface area contributed by atoms with E-state index in [2.05, 4.69) is 58.0 Å². The third-order valence-electron chi connectivity index (χ3n) is 5.63. The van der Waals surface area contributed by atoms with Gasteiger partial charge >= 0.3 is 0 Å². The fourth-order valence-electron chi connectivity index (χ4n) is 4.17. The molecule has 2 heterocycles. The molecule has 2 aromatic rings. The molecule has 8 heteroatoms. The van der Waals surface area contributed by atoms with Crippen LogP contribution in [0, 0.1) is 5.92 Å². The predicted octanol–water partition coefficient (Wildman–Crippen LogP) is 4.06. The number of aliphatic imine (C=N–C) groups is 1. The summed E-state index contributed by atoms with van der Waals surface area (Å²) < 4.78 is 7.86. The molecule has 0 aliphatic carbocycles. The highest BCUT2D eigenvalue weighted by molar-refractivity contribution is 14.0. The van der Waals surface area contributed by atoms with Crippen LogP contribution in [-0.4, -0.2) is 53.7 Å². The molecule has 0 radical (unpaired) electrons. The first-order chi connectivity index (χ1) is 15.1. The van der Waals surface area contributed by atoms with E-state index in [9.17, 15) is 0 Å². The molecule has 1 saturated heterocycles. The lowest BCUT2D eigenvalue weighted by Gasteiger charge is -2.30. The zero-order valence-corrected chi connectivity index (χ0v) is 22.2. The molecule has 1 aromatic heterocycles. The minimum absolute atomic E-state index is 0. The van der Waals surface area contributed by atoms with Crippen LogP contribution in [0.25, 0.3) is 0 Å². The van der Waals surface area contributed by atoms with Gasteiger partial charge in [-0.05, 0) is 44.8 Å². The molecule has 178 valence electrons. The number of hydrogen-bond acceptors (Lipinski definition) is 4. The van der Waals surface area contributed by atoms with Gasteiger partial charge in [-0.25, -0.2) is 9.98 Å². The van der Waals surface area contributed by atoms with Crippen molar-refractivity contribution in [3.05, 3.63) is 48.0 Å². The van der Waals surface area contributed by atoms with Gasteiger partial charge in [0.2, 0.25) is 0 Å². The molecule has 1 atom stereocenters. The van der Waals surface area contributed by atoms with Gasteiger partial charge in [0.1, 0.15) is 18.1 Å². The van der Waals surface area contributed by atoms with Crippen LogP contribution in [0.15, 0.2) is 41.7 Å². The quantitative estimate of drug-likeness (QED) is 0.264. The molecule has 0 spiro atoms. The van der Waals surface area contributed by atoms with Crippen LogP contribution in [0.5, 0.6) is 5.75 Å². The Morgan fingerprint density at radius 1 is 1.19 bits per heavy atom. The number of aromatic nitrogens is 2. The van der Waals surface area contributed by atoms with Gasteiger partial charge in [-0.1, -0.05) is 32.0 Å². The summed E-state index contributed by atoms with van der Waals surface area (Å²) in [5.74, 6) is 3.33. The second-order valence-electron chi connectivity index (χ2n) is 8.47. The van der Waals surface area contributed by atoms with E-state index in [0.717, 1.165) is 50.3 Å². The normalized spacial score (nSPS) is 15.5. The standard InChI is InChI=1S/C24H38N6O.HI/c1-5-25-24(28-17-23-26-12-15-30(23)18-19(2)3)27-16-21(29-13-8-9-14-29)20-10-6-7-11-22(20)31-4;/h6-7,10-12,15,19,21H,5,8-9,13-14,16-18H2,1-4H3,(H2,25,27,28);1H. The molecule has 32 heavy (non-hydrogen) atoms. The highest BCUT2D eigenvalue weighted by Crippen LogP contribution is 2.31. The van der Waals surface area contributed by atoms with Crippen LogP contribution in [0.2, 0.25) is 0 Å². The summed E-state index contributed by atoms with van der Waals surface area (Å²) >= 11 is 0. The van der Waals surface area contributed by atoms with Crippen LogP contribution in [0.3, 0.4) is 0 Å². The average Bonchev–Trinajstić information content (AvgIpc) is 3.44. The molecule has 1 aliphatic rings. The van der Waals surface area contributed by atoms with Gasteiger partial charge in [0.05, 0.1) is 13.2 Å². The average molecular weight is 555 g/mol. The first-order valence-corrected chi connectivity index (χ1v) is 11.5. The Labute approximate surface area is 210 Å². The van der Waals surface area contributed by atoms with Crippen LogP contribution in [0.1, 0.15) is 51.0 Å². The molecule has 1 fully saturated rings. The zero-order chi connectivity index (χ0) is 22.1. The van der Waals surface area contributed by atoms with Crippen LogP contribution < -0.4 is 15.4 Å². The number of nitrogens with one attached hydrogen (secondary N) is 2. The molecular weight excluding hydrogens is 515 g/mol. The summed E-state index contributed by atoms with van der Waals surface area (Å²) in [6.07, 6.45) is 6.39.